The van der Waals surface area contributed by atoms with Gasteiger partial charge in [0.05, 0.1) is 24.4 Å². The Bertz CT molecular complexity index is 598. The maximum absolute atomic E-state index is 12.0. The summed E-state index contributed by atoms with van der Waals surface area (Å²) in [6.45, 7) is 2.03. The number of hydrogen-bond acceptors (Lipinski definition) is 4. The Labute approximate surface area is 131 Å². The van der Waals surface area contributed by atoms with Gasteiger partial charge in [-0.05, 0) is 53.2 Å². The van der Waals surface area contributed by atoms with Gasteiger partial charge in [0.15, 0.2) is 6.10 Å². The summed E-state index contributed by atoms with van der Waals surface area (Å²) >= 11 is 3.38. The topological polar surface area (TPSA) is 60.7 Å². The normalized spacial score (nSPS) is 11.8. The summed E-state index contributed by atoms with van der Waals surface area (Å²) in [5.41, 5.74) is 0. The third-order valence-corrected chi connectivity index (χ3v) is 3.45. The zero-order valence-electron chi connectivity index (χ0n) is 11.8. The third kappa shape index (κ3) is 4.26. The molecule has 1 aromatic heterocycles. The van der Waals surface area contributed by atoms with E-state index in [2.05, 4.69) is 21.2 Å². The predicted octanol–water partition coefficient (Wildman–Crippen LogP) is 3.13. The van der Waals surface area contributed by atoms with Gasteiger partial charge < -0.3 is 19.2 Å². The van der Waals surface area contributed by atoms with Crippen molar-refractivity contribution in [2.24, 2.45) is 0 Å². The molecule has 0 fully saturated rings. The van der Waals surface area contributed by atoms with Crippen molar-refractivity contribution >= 4 is 21.8 Å². The van der Waals surface area contributed by atoms with Crippen LogP contribution in [0.25, 0.3) is 0 Å². The van der Waals surface area contributed by atoms with Gasteiger partial charge in [0.25, 0.3) is 5.91 Å². The Morgan fingerprint density at radius 1 is 1.43 bits per heavy atom. The largest absolute Gasteiger partial charge is 0.497 e. The quantitative estimate of drug-likeness (QED) is 0.866. The molecule has 21 heavy (non-hydrogen) atoms. The second-order valence-corrected chi connectivity index (χ2v) is 5.21. The lowest BCUT2D eigenvalue weighted by Gasteiger charge is -2.15. The second-order valence-electron chi connectivity index (χ2n) is 4.35. The van der Waals surface area contributed by atoms with Gasteiger partial charge in [-0.3, -0.25) is 4.79 Å². The van der Waals surface area contributed by atoms with Crippen LogP contribution in [-0.4, -0.2) is 19.1 Å². The number of methoxy groups -OCH3 is 1. The standard InChI is InChI=1S/C15H16BrNO4/c1-10(15(18)17-9-12-4-3-7-20-12)21-14-6-5-11(19-2)8-13(14)16/h3-8,10H,9H2,1-2H3,(H,17,18). The number of carbonyl (C=O) groups excluding carboxylic acids is 1. The Kier molecular flexibility index (Phi) is 5.27. The molecule has 0 saturated carbocycles. The monoisotopic (exact) mass is 353 g/mol. The maximum Gasteiger partial charge on any atom is 0.261 e. The lowest BCUT2D eigenvalue weighted by molar-refractivity contribution is -0.127. The smallest absolute Gasteiger partial charge is 0.261 e. The van der Waals surface area contributed by atoms with Crippen LogP contribution in [0.5, 0.6) is 11.5 Å². The average Bonchev–Trinajstić information content (AvgIpc) is 3.00. The molecule has 2 aromatic rings. The summed E-state index contributed by atoms with van der Waals surface area (Å²) in [5.74, 6) is 1.77. The number of nitrogens with one attached hydrogen (secondary N) is 1. The van der Waals surface area contributed by atoms with E-state index in [1.165, 1.54) is 0 Å². The molecule has 1 atom stereocenters. The molecule has 1 amide bonds. The van der Waals surface area contributed by atoms with Gasteiger partial charge >= 0.3 is 0 Å². The first-order valence-corrected chi connectivity index (χ1v) is 7.19. The fourth-order valence-corrected chi connectivity index (χ4v) is 2.13. The van der Waals surface area contributed by atoms with Crippen LogP contribution in [-0.2, 0) is 11.3 Å². The van der Waals surface area contributed by atoms with Gasteiger partial charge in [-0.25, -0.2) is 0 Å². The van der Waals surface area contributed by atoms with Crippen molar-refractivity contribution in [3.05, 3.63) is 46.8 Å². The fraction of sp³-hybridized carbons (Fsp3) is 0.267. The molecule has 0 radical (unpaired) electrons. The summed E-state index contributed by atoms with van der Waals surface area (Å²) in [6, 6.07) is 8.87. The number of ether oxygens (including phenoxy) is 2. The van der Waals surface area contributed by atoms with Gasteiger partial charge in [0, 0.05) is 0 Å². The summed E-state index contributed by atoms with van der Waals surface area (Å²) < 4.78 is 16.6. The lowest BCUT2D eigenvalue weighted by Crippen LogP contribution is -2.35. The number of benzene rings is 1. The van der Waals surface area contributed by atoms with Gasteiger partial charge in [-0.15, -0.1) is 0 Å². The van der Waals surface area contributed by atoms with E-state index < -0.39 is 6.10 Å². The number of furan rings is 1. The van der Waals surface area contributed by atoms with Crippen molar-refractivity contribution < 1.29 is 18.7 Å². The summed E-state index contributed by atoms with van der Waals surface area (Å²) in [6.07, 6.45) is 0.945. The van der Waals surface area contributed by atoms with Crippen LogP contribution in [0.4, 0.5) is 0 Å². The fourth-order valence-electron chi connectivity index (χ4n) is 1.68. The Balaban J connectivity index is 1.91. The van der Waals surface area contributed by atoms with Crippen molar-refractivity contribution in [2.75, 3.05) is 7.11 Å². The first kappa shape index (κ1) is 15.4. The van der Waals surface area contributed by atoms with Gasteiger partial charge in [0.2, 0.25) is 0 Å². The molecule has 112 valence electrons. The maximum atomic E-state index is 12.0. The third-order valence-electron chi connectivity index (χ3n) is 2.83. The Morgan fingerprint density at radius 3 is 2.86 bits per heavy atom. The molecule has 1 N–H and O–H groups in total. The van der Waals surface area contributed by atoms with Crippen molar-refractivity contribution in [2.45, 2.75) is 19.6 Å². The molecule has 0 spiro atoms. The van der Waals surface area contributed by atoms with Gasteiger partial charge in [0.1, 0.15) is 17.3 Å². The molecule has 2 rings (SSSR count). The first-order valence-electron chi connectivity index (χ1n) is 6.40. The van der Waals surface area contributed by atoms with E-state index in [9.17, 15) is 4.79 Å². The highest BCUT2D eigenvalue weighted by molar-refractivity contribution is 9.10. The SMILES string of the molecule is COc1ccc(OC(C)C(=O)NCc2ccco2)c(Br)c1. The van der Waals surface area contributed by atoms with Crippen molar-refractivity contribution in [3.63, 3.8) is 0 Å². The molecular formula is C15H16BrNO4. The average molecular weight is 354 g/mol. The van der Waals surface area contributed by atoms with E-state index in [4.69, 9.17) is 13.9 Å². The van der Waals surface area contributed by atoms with E-state index in [0.29, 0.717) is 23.8 Å². The number of hydrogen-bond donors (Lipinski definition) is 1. The number of amides is 1. The second kappa shape index (κ2) is 7.17. The van der Waals surface area contributed by atoms with Gasteiger partial charge in [-0.2, -0.15) is 0 Å². The molecule has 1 aromatic carbocycles. The van der Waals surface area contributed by atoms with Crippen LogP contribution in [0, 0.1) is 0 Å². The van der Waals surface area contributed by atoms with Crippen LogP contribution in [0.15, 0.2) is 45.5 Å². The molecule has 1 heterocycles. The van der Waals surface area contributed by atoms with E-state index in [1.54, 1.807) is 50.6 Å². The first-order chi connectivity index (χ1) is 10.1. The molecule has 0 aliphatic rings. The van der Waals surface area contributed by atoms with Crippen LogP contribution < -0.4 is 14.8 Å². The minimum atomic E-state index is -0.621. The summed E-state index contributed by atoms with van der Waals surface area (Å²) in [7, 11) is 1.59. The molecule has 0 aliphatic carbocycles. The molecule has 5 nitrogen and oxygen atoms in total. The summed E-state index contributed by atoms with van der Waals surface area (Å²) in [4.78, 5) is 12.0. The highest BCUT2D eigenvalue weighted by Crippen LogP contribution is 2.29. The molecule has 0 saturated heterocycles. The predicted molar refractivity (Wildman–Crippen MR) is 81.3 cm³/mol. The highest BCUT2D eigenvalue weighted by atomic mass is 79.9. The van der Waals surface area contributed by atoms with Crippen LogP contribution in [0.2, 0.25) is 0 Å². The van der Waals surface area contributed by atoms with Crippen LogP contribution >= 0.6 is 15.9 Å². The van der Waals surface area contributed by atoms with Crippen molar-refractivity contribution in [1.82, 2.24) is 5.32 Å². The van der Waals surface area contributed by atoms with Gasteiger partial charge in [-0.1, -0.05) is 0 Å². The number of carbonyl (C=O) groups is 1. The van der Waals surface area contributed by atoms with E-state index in [0.717, 1.165) is 4.47 Å². The van der Waals surface area contributed by atoms with Crippen molar-refractivity contribution in [1.29, 1.82) is 0 Å². The number of halogens is 1. The Morgan fingerprint density at radius 2 is 2.24 bits per heavy atom. The zero-order valence-corrected chi connectivity index (χ0v) is 13.3. The van der Waals surface area contributed by atoms with Crippen LogP contribution in [0.1, 0.15) is 12.7 Å². The van der Waals surface area contributed by atoms with E-state index in [1.807, 2.05) is 0 Å². The molecular weight excluding hydrogens is 338 g/mol. The molecule has 0 bridgehead atoms. The highest BCUT2D eigenvalue weighted by Gasteiger charge is 2.16. The Hall–Kier alpha value is -1.95. The summed E-state index contributed by atoms with van der Waals surface area (Å²) in [5, 5.41) is 2.75. The molecule has 1 unspecified atom stereocenters. The van der Waals surface area contributed by atoms with E-state index in [-0.39, 0.29) is 5.91 Å². The minimum absolute atomic E-state index is 0.214. The van der Waals surface area contributed by atoms with Crippen LogP contribution in [0.3, 0.4) is 0 Å². The minimum Gasteiger partial charge on any atom is -0.497 e. The number of rotatable bonds is 6. The molecule has 0 aliphatic heterocycles. The molecule has 6 heteroatoms. The lowest BCUT2D eigenvalue weighted by atomic mass is 10.3. The van der Waals surface area contributed by atoms with Crippen molar-refractivity contribution in [3.8, 4) is 11.5 Å². The zero-order chi connectivity index (χ0) is 15.2. The van der Waals surface area contributed by atoms with E-state index >= 15 is 0 Å².